The highest BCUT2D eigenvalue weighted by atomic mass is 35.5. The van der Waals surface area contributed by atoms with Crippen LogP contribution in [0.25, 0.3) is 0 Å². The number of hydrogen-bond acceptors (Lipinski definition) is 4. The molecule has 0 saturated heterocycles. The van der Waals surface area contributed by atoms with Crippen molar-refractivity contribution in [3.8, 4) is 0 Å². The molecule has 0 radical (unpaired) electrons. The average molecular weight is 344 g/mol. The fraction of sp³-hybridized carbons (Fsp3) is 0.214. The van der Waals surface area contributed by atoms with Crippen LogP contribution in [0, 0.1) is 10.1 Å². The summed E-state index contributed by atoms with van der Waals surface area (Å²) in [5.74, 6) is -0.0542. The van der Waals surface area contributed by atoms with Crippen LogP contribution in [0.3, 0.4) is 0 Å². The van der Waals surface area contributed by atoms with Crippen LogP contribution in [0.2, 0.25) is 5.02 Å². The third-order valence-corrected chi connectivity index (χ3v) is 4.05. The molecule has 1 unspecified atom stereocenters. The quantitative estimate of drug-likeness (QED) is 0.663. The number of rotatable bonds is 2. The van der Waals surface area contributed by atoms with Crippen molar-refractivity contribution in [1.29, 1.82) is 0 Å². The van der Waals surface area contributed by atoms with Gasteiger partial charge >= 0.3 is 6.18 Å². The highest BCUT2D eigenvalue weighted by Crippen LogP contribution is 2.54. The number of alkyl halides is 3. The van der Waals surface area contributed by atoms with Gasteiger partial charge in [0.25, 0.3) is 0 Å². The zero-order valence-corrected chi connectivity index (χ0v) is 12.1. The van der Waals surface area contributed by atoms with Crippen LogP contribution in [-0.2, 0) is 5.41 Å². The van der Waals surface area contributed by atoms with Crippen molar-refractivity contribution in [3.05, 3.63) is 62.8 Å². The lowest BCUT2D eigenvalue weighted by Gasteiger charge is -2.38. The molecule has 0 amide bonds. The molecule has 0 saturated carbocycles. The van der Waals surface area contributed by atoms with E-state index in [1.165, 1.54) is 30.5 Å². The van der Waals surface area contributed by atoms with E-state index in [2.05, 4.69) is 10.3 Å². The van der Waals surface area contributed by atoms with E-state index in [0.717, 1.165) is 6.07 Å². The van der Waals surface area contributed by atoms with E-state index in [1.807, 2.05) is 0 Å². The summed E-state index contributed by atoms with van der Waals surface area (Å²) in [6, 6.07) is 6.38. The summed E-state index contributed by atoms with van der Waals surface area (Å²) in [7, 11) is 0. The van der Waals surface area contributed by atoms with E-state index in [0.29, 0.717) is 0 Å². The van der Waals surface area contributed by atoms with E-state index in [1.54, 1.807) is 0 Å². The first-order valence-electron chi connectivity index (χ1n) is 6.47. The van der Waals surface area contributed by atoms with Gasteiger partial charge in [0.05, 0.1) is 0 Å². The molecule has 2 heterocycles. The first-order valence-corrected chi connectivity index (χ1v) is 6.84. The molecule has 1 N–H and O–H groups in total. The molecule has 1 aliphatic rings. The van der Waals surface area contributed by atoms with Gasteiger partial charge in [0.2, 0.25) is 6.54 Å². The highest BCUT2D eigenvalue weighted by Gasteiger charge is 2.64. The maximum absolute atomic E-state index is 14.0. The van der Waals surface area contributed by atoms with Gasteiger partial charge in [-0.25, -0.2) is 4.98 Å². The lowest BCUT2D eigenvalue weighted by atomic mass is 9.71. The molecule has 23 heavy (non-hydrogen) atoms. The molecule has 0 spiro atoms. The van der Waals surface area contributed by atoms with Gasteiger partial charge in [-0.05, 0) is 24.3 Å². The maximum atomic E-state index is 14.0. The van der Waals surface area contributed by atoms with Crippen LogP contribution < -0.4 is 5.32 Å². The van der Waals surface area contributed by atoms with E-state index < -0.39 is 23.1 Å². The Hall–Kier alpha value is -2.35. The first-order chi connectivity index (χ1) is 10.8. The number of fused-ring (bicyclic) bond motifs is 2. The summed E-state index contributed by atoms with van der Waals surface area (Å²) in [6.07, 6.45) is -3.58. The Morgan fingerprint density at radius 2 is 2.04 bits per heavy atom. The van der Waals surface area contributed by atoms with Crippen molar-refractivity contribution in [3.63, 3.8) is 0 Å². The van der Waals surface area contributed by atoms with Crippen LogP contribution in [0.5, 0.6) is 0 Å². The molecular formula is C14H9ClF3N3O2. The number of nitrogens with one attached hydrogen (secondary N) is 1. The lowest BCUT2D eigenvalue weighted by molar-refractivity contribution is -0.498. The first kappa shape index (κ1) is 15.5. The second kappa shape index (κ2) is 5.09. The van der Waals surface area contributed by atoms with Crippen molar-refractivity contribution in [1.82, 2.24) is 4.98 Å². The van der Waals surface area contributed by atoms with Crippen molar-refractivity contribution in [2.24, 2.45) is 0 Å². The Balaban J connectivity index is 2.41. The Labute approximate surface area is 133 Å². The van der Waals surface area contributed by atoms with E-state index in [9.17, 15) is 23.3 Å². The third kappa shape index (κ3) is 2.29. The Morgan fingerprint density at radius 1 is 1.30 bits per heavy atom. The smallest absolute Gasteiger partial charge is 0.340 e. The predicted octanol–water partition coefficient (Wildman–Crippen LogP) is 3.92. The number of anilines is 2. The summed E-state index contributed by atoms with van der Waals surface area (Å²) >= 11 is 5.84. The van der Waals surface area contributed by atoms with E-state index >= 15 is 0 Å². The van der Waals surface area contributed by atoms with Gasteiger partial charge in [0.15, 0.2) is 5.41 Å². The molecule has 0 bridgehead atoms. The zero-order valence-electron chi connectivity index (χ0n) is 11.4. The average Bonchev–Trinajstić information content (AvgIpc) is 2.46. The Morgan fingerprint density at radius 3 is 2.70 bits per heavy atom. The molecule has 3 rings (SSSR count). The minimum Gasteiger partial charge on any atom is -0.340 e. The number of hydrogen-bond donors (Lipinski definition) is 1. The van der Waals surface area contributed by atoms with Crippen LogP contribution in [-0.4, -0.2) is 22.6 Å². The van der Waals surface area contributed by atoms with Gasteiger partial charge in [-0.1, -0.05) is 17.7 Å². The molecule has 9 heteroatoms. The van der Waals surface area contributed by atoms with Crippen molar-refractivity contribution >= 4 is 23.1 Å². The van der Waals surface area contributed by atoms with Gasteiger partial charge < -0.3 is 5.32 Å². The lowest BCUT2D eigenvalue weighted by Crippen LogP contribution is -2.51. The van der Waals surface area contributed by atoms with Crippen molar-refractivity contribution < 1.29 is 18.1 Å². The number of nitro groups is 1. The summed E-state index contributed by atoms with van der Waals surface area (Å²) in [5.41, 5.74) is -3.29. The molecule has 0 aliphatic carbocycles. The Kier molecular flexibility index (Phi) is 3.44. The number of halogens is 4. The second-order valence-electron chi connectivity index (χ2n) is 5.11. The Bertz CT molecular complexity index is 797. The van der Waals surface area contributed by atoms with Crippen molar-refractivity contribution in [2.75, 3.05) is 11.9 Å². The molecule has 1 aromatic heterocycles. The topological polar surface area (TPSA) is 68.1 Å². The molecule has 1 aromatic carbocycles. The van der Waals surface area contributed by atoms with Gasteiger partial charge in [-0.3, -0.25) is 10.1 Å². The SMILES string of the molecule is O=[N+]([O-])CC1(C(F)(F)F)c2cc(Cl)ccc2Nc2ncccc21. The molecule has 1 atom stereocenters. The molecule has 1 aliphatic heterocycles. The number of benzene rings is 1. The van der Waals surface area contributed by atoms with Crippen molar-refractivity contribution in [2.45, 2.75) is 11.6 Å². The molecule has 2 aromatic rings. The second-order valence-corrected chi connectivity index (χ2v) is 5.54. The van der Waals surface area contributed by atoms with Gasteiger partial charge in [-0.15, -0.1) is 0 Å². The molecule has 0 fully saturated rings. The maximum Gasteiger partial charge on any atom is 0.408 e. The number of nitrogens with zero attached hydrogens (tertiary/aromatic N) is 2. The standard InChI is InChI=1S/C14H9ClF3N3O2/c15-8-3-4-11-10(6-8)13(7-21(22)23,14(16,17)18)9-2-1-5-19-12(9)20-11/h1-6H,7H2,(H,19,20). The van der Waals surface area contributed by atoms with Gasteiger partial charge in [0, 0.05) is 33.0 Å². The fourth-order valence-electron chi connectivity index (χ4n) is 2.86. The number of pyridine rings is 1. The minimum atomic E-state index is -4.90. The van der Waals surface area contributed by atoms with E-state index in [4.69, 9.17) is 11.6 Å². The van der Waals surface area contributed by atoms with Crippen LogP contribution >= 0.6 is 11.6 Å². The molecule has 120 valence electrons. The monoisotopic (exact) mass is 343 g/mol. The minimum absolute atomic E-state index is 0.0542. The van der Waals surface area contributed by atoms with Gasteiger partial charge in [-0.2, -0.15) is 13.2 Å². The molecular weight excluding hydrogens is 335 g/mol. The van der Waals surface area contributed by atoms with Crippen LogP contribution in [0.15, 0.2) is 36.5 Å². The molecule has 5 nitrogen and oxygen atoms in total. The van der Waals surface area contributed by atoms with E-state index in [-0.39, 0.29) is 27.7 Å². The third-order valence-electron chi connectivity index (χ3n) is 3.81. The summed E-state index contributed by atoms with van der Waals surface area (Å²) in [6.45, 7) is -1.34. The zero-order chi connectivity index (χ0) is 16.8. The normalized spacial score (nSPS) is 19.5. The number of aromatic nitrogens is 1. The summed E-state index contributed by atoms with van der Waals surface area (Å²) in [5, 5.41) is 13.9. The fourth-order valence-corrected chi connectivity index (χ4v) is 3.03. The summed E-state index contributed by atoms with van der Waals surface area (Å²) < 4.78 is 42.1. The largest absolute Gasteiger partial charge is 0.408 e. The predicted molar refractivity (Wildman–Crippen MR) is 77.7 cm³/mol. The van der Waals surface area contributed by atoms with Crippen LogP contribution in [0.1, 0.15) is 11.1 Å². The summed E-state index contributed by atoms with van der Waals surface area (Å²) in [4.78, 5) is 14.0. The van der Waals surface area contributed by atoms with Gasteiger partial charge in [0.1, 0.15) is 5.82 Å². The highest BCUT2D eigenvalue weighted by molar-refractivity contribution is 6.30. The van der Waals surface area contributed by atoms with Crippen LogP contribution in [0.4, 0.5) is 24.7 Å².